The molecule has 0 atom stereocenters. The number of methoxy groups -OCH3 is 1. The van der Waals surface area contributed by atoms with E-state index < -0.39 is 0 Å². The molecule has 2 heterocycles. The predicted octanol–water partition coefficient (Wildman–Crippen LogP) is 2.60. The molecule has 3 rings (SSSR count). The van der Waals surface area contributed by atoms with Crippen LogP contribution in [0.3, 0.4) is 0 Å². The molecule has 1 saturated heterocycles. The number of hydrogen-bond acceptors (Lipinski definition) is 5. The first-order valence-electron chi connectivity index (χ1n) is 7.48. The molecule has 124 valence electrons. The quantitative estimate of drug-likeness (QED) is 0.836. The molecule has 1 fully saturated rings. The highest BCUT2D eigenvalue weighted by atomic mass is 35.5. The van der Waals surface area contributed by atoms with Crippen molar-refractivity contribution in [2.24, 2.45) is 0 Å². The second kappa shape index (κ2) is 7.44. The van der Waals surface area contributed by atoms with Gasteiger partial charge in [0.15, 0.2) is 10.6 Å². The minimum atomic E-state index is 0.593. The normalized spacial score (nSPS) is 15.7. The SMILES string of the molecule is COc1ccc(Cl)cc1-c1n[nH]c(=S)n1CCN1CCOCC1. The zero-order chi connectivity index (χ0) is 16.2. The van der Waals surface area contributed by atoms with Gasteiger partial charge in [0.2, 0.25) is 0 Å². The Morgan fingerprint density at radius 3 is 2.87 bits per heavy atom. The van der Waals surface area contributed by atoms with E-state index in [1.54, 1.807) is 13.2 Å². The van der Waals surface area contributed by atoms with Crippen molar-refractivity contribution in [1.29, 1.82) is 0 Å². The van der Waals surface area contributed by atoms with Gasteiger partial charge in [0.05, 0.1) is 25.9 Å². The van der Waals surface area contributed by atoms with Crippen LogP contribution in [0.5, 0.6) is 5.75 Å². The first-order valence-corrected chi connectivity index (χ1v) is 8.27. The largest absolute Gasteiger partial charge is 0.496 e. The highest BCUT2D eigenvalue weighted by Gasteiger charge is 2.16. The summed E-state index contributed by atoms with van der Waals surface area (Å²) in [6, 6.07) is 5.47. The van der Waals surface area contributed by atoms with Crippen LogP contribution in [-0.4, -0.2) is 59.6 Å². The van der Waals surface area contributed by atoms with Crippen molar-refractivity contribution >= 4 is 23.8 Å². The number of halogens is 1. The van der Waals surface area contributed by atoms with Crippen molar-refractivity contribution in [1.82, 2.24) is 19.7 Å². The molecule has 0 spiro atoms. The summed E-state index contributed by atoms with van der Waals surface area (Å²) in [6.07, 6.45) is 0. The van der Waals surface area contributed by atoms with Gasteiger partial charge in [-0.15, -0.1) is 0 Å². The molecule has 0 bridgehead atoms. The van der Waals surface area contributed by atoms with Crippen molar-refractivity contribution in [3.8, 4) is 17.1 Å². The maximum absolute atomic E-state index is 6.13. The van der Waals surface area contributed by atoms with Gasteiger partial charge in [-0.25, -0.2) is 0 Å². The third-order valence-electron chi connectivity index (χ3n) is 3.90. The third kappa shape index (κ3) is 3.74. The van der Waals surface area contributed by atoms with E-state index >= 15 is 0 Å². The molecule has 1 N–H and O–H groups in total. The number of aromatic amines is 1. The summed E-state index contributed by atoms with van der Waals surface area (Å²) in [5.41, 5.74) is 0.828. The fourth-order valence-corrected chi connectivity index (χ4v) is 3.05. The van der Waals surface area contributed by atoms with Crippen molar-refractivity contribution in [3.05, 3.63) is 28.0 Å². The predicted molar refractivity (Wildman–Crippen MR) is 91.7 cm³/mol. The Labute approximate surface area is 145 Å². The molecule has 6 nitrogen and oxygen atoms in total. The Balaban J connectivity index is 1.86. The Hall–Kier alpha value is -1.41. The average molecular weight is 355 g/mol. The molecule has 1 aromatic carbocycles. The second-order valence-electron chi connectivity index (χ2n) is 5.30. The van der Waals surface area contributed by atoms with Crippen molar-refractivity contribution in [3.63, 3.8) is 0 Å². The molecule has 0 aliphatic carbocycles. The molecule has 1 aliphatic rings. The van der Waals surface area contributed by atoms with Gasteiger partial charge in [-0.2, -0.15) is 5.10 Å². The molecule has 1 aliphatic heterocycles. The second-order valence-corrected chi connectivity index (χ2v) is 6.13. The Kier molecular flexibility index (Phi) is 5.32. The monoisotopic (exact) mass is 354 g/mol. The number of morpholine rings is 1. The summed E-state index contributed by atoms with van der Waals surface area (Å²) in [5, 5.41) is 7.87. The Morgan fingerprint density at radius 2 is 2.13 bits per heavy atom. The highest BCUT2D eigenvalue weighted by Crippen LogP contribution is 2.31. The van der Waals surface area contributed by atoms with Gasteiger partial charge < -0.3 is 9.47 Å². The van der Waals surface area contributed by atoms with Gasteiger partial charge in [-0.1, -0.05) is 11.6 Å². The molecule has 0 unspecified atom stereocenters. The Bertz CT molecular complexity index is 725. The number of benzene rings is 1. The van der Waals surface area contributed by atoms with Crippen molar-refractivity contribution < 1.29 is 9.47 Å². The number of rotatable bonds is 5. The van der Waals surface area contributed by atoms with Crippen molar-refractivity contribution in [2.45, 2.75) is 6.54 Å². The van der Waals surface area contributed by atoms with Crippen LogP contribution in [0.15, 0.2) is 18.2 Å². The van der Waals surface area contributed by atoms with Gasteiger partial charge in [0, 0.05) is 31.2 Å². The summed E-state index contributed by atoms with van der Waals surface area (Å²) in [7, 11) is 1.63. The molecular formula is C15H19ClN4O2S. The number of nitrogens with one attached hydrogen (secondary N) is 1. The van der Waals surface area contributed by atoms with Crippen LogP contribution in [0.1, 0.15) is 0 Å². The van der Waals surface area contributed by atoms with E-state index in [9.17, 15) is 0 Å². The summed E-state index contributed by atoms with van der Waals surface area (Å²) in [4.78, 5) is 2.36. The van der Waals surface area contributed by atoms with Crippen LogP contribution >= 0.6 is 23.8 Å². The van der Waals surface area contributed by atoms with Gasteiger partial charge in [0.1, 0.15) is 5.75 Å². The molecule has 8 heteroatoms. The highest BCUT2D eigenvalue weighted by molar-refractivity contribution is 7.71. The molecule has 0 radical (unpaired) electrons. The number of aromatic nitrogens is 3. The fraction of sp³-hybridized carbons (Fsp3) is 0.467. The number of ether oxygens (including phenoxy) is 2. The van der Waals surface area contributed by atoms with Crippen LogP contribution in [0.25, 0.3) is 11.4 Å². The molecule has 0 saturated carbocycles. The summed E-state index contributed by atoms with van der Waals surface area (Å²) in [5.74, 6) is 1.46. The van der Waals surface area contributed by atoms with Gasteiger partial charge in [0.25, 0.3) is 0 Å². The maximum atomic E-state index is 6.13. The van der Waals surface area contributed by atoms with Crippen LogP contribution in [-0.2, 0) is 11.3 Å². The average Bonchev–Trinajstić information content (AvgIpc) is 2.94. The summed E-state index contributed by atoms with van der Waals surface area (Å²) in [6.45, 7) is 5.10. The topological polar surface area (TPSA) is 55.3 Å². The zero-order valence-corrected chi connectivity index (χ0v) is 14.5. The van der Waals surface area contributed by atoms with E-state index in [2.05, 4.69) is 15.1 Å². The molecule has 2 aromatic rings. The standard InChI is InChI=1S/C15H19ClN4O2S/c1-21-13-3-2-11(16)10-12(13)14-17-18-15(23)20(14)5-4-19-6-8-22-9-7-19/h2-3,10H,4-9H2,1H3,(H,18,23). The number of nitrogens with zero attached hydrogens (tertiary/aromatic N) is 3. The number of hydrogen-bond donors (Lipinski definition) is 1. The number of H-pyrrole nitrogens is 1. The smallest absolute Gasteiger partial charge is 0.195 e. The molecule has 0 amide bonds. The summed E-state index contributed by atoms with van der Waals surface area (Å²) < 4.78 is 13.4. The van der Waals surface area contributed by atoms with Crippen LogP contribution < -0.4 is 4.74 Å². The maximum Gasteiger partial charge on any atom is 0.195 e. The fourth-order valence-electron chi connectivity index (χ4n) is 2.65. The molecule has 23 heavy (non-hydrogen) atoms. The van der Waals surface area contributed by atoms with Crippen LogP contribution in [0.4, 0.5) is 0 Å². The lowest BCUT2D eigenvalue weighted by Crippen LogP contribution is -2.38. The van der Waals surface area contributed by atoms with E-state index in [1.807, 2.05) is 16.7 Å². The molecular weight excluding hydrogens is 336 g/mol. The van der Waals surface area contributed by atoms with Gasteiger partial charge >= 0.3 is 0 Å². The van der Waals surface area contributed by atoms with Gasteiger partial charge in [-0.3, -0.25) is 14.6 Å². The van der Waals surface area contributed by atoms with E-state index in [1.165, 1.54) is 0 Å². The lowest BCUT2D eigenvalue weighted by atomic mass is 10.2. The molecule has 1 aromatic heterocycles. The lowest BCUT2D eigenvalue weighted by Gasteiger charge is -2.26. The van der Waals surface area contributed by atoms with E-state index in [0.29, 0.717) is 9.79 Å². The first kappa shape index (κ1) is 16.4. The van der Waals surface area contributed by atoms with E-state index in [4.69, 9.17) is 33.3 Å². The minimum absolute atomic E-state index is 0.593. The third-order valence-corrected chi connectivity index (χ3v) is 4.45. The first-order chi connectivity index (χ1) is 11.2. The summed E-state index contributed by atoms with van der Waals surface area (Å²) >= 11 is 11.5. The van der Waals surface area contributed by atoms with E-state index in [-0.39, 0.29) is 0 Å². The van der Waals surface area contributed by atoms with Crippen LogP contribution in [0, 0.1) is 4.77 Å². The minimum Gasteiger partial charge on any atom is -0.496 e. The van der Waals surface area contributed by atoms with Gasteiger partial charge in [-0.05, 0) is 30.4 Å². The van der Waals surface area contributed by atoms with Crippen LogP contribution in [0.2, 0.25) is 5.02 Å². The van der Waals surface area contributed by atoms with Crippen molar-refractivity contribution in [2.75, 3.05) is 40.0 Å². The zero-order valence-electron chi connectivity index (χ0n) is 12.9. The van der Waals surface area contributed by atoms with E-state index in [0.717, 1.165) is 56.5 Å². The lowest BCUT2D eigenvalue weighted by molar-refractivity contribution is 0.0364. The Morgan fingerprint density at radius 1 is 1.35 bits per heavy atom.